The Kier molecular flexibility index (Phi) is 4.76. The zero-order valence-corrected chi connectivity index (χ0v) is 14.9. The van der Waals surface area contributed by atoms with Gasteiger partial charge in [0.25, 0.3) is 0 Å². The molecular weight excluding hydrogens is 338 g/mol. The van der Waals surface area contributed by atoms with Crippen LogP contribution in [0, 0.1) is 20.8 Å². The van der Waals surface area contributed by atoms with E-state index in [2.05, 4.69) is 15.0 Å². The molecule has 7 heteroatoms. The Bertz CT molecular complexity index is 928. The average molecular weight is 355 g/mol. The summed E-state index contributed by atoms with van der Waals surface area (Å²) in [6, 6.07) is 7.25. The number of ketones is 1. The highest BCUT2D eigenvalue weighted by Crippen LogP contribution is 2.27. The molecule has 0 saturated heterocycles. The number of hydrogen-bond donors (Lipinski definition) is 1. The number of thiazole rings is 1. The van der Waals surface area contributed by atoms with E-state index in [4.69, 9.17) is 4.74 Å². The number of nitrogens with zero attached hydrogens (tertiary/aromatic N) is 2. The Labute approximate surface area is 148 Å². The molecule has 128 valence electrons. The third-order valence-corrected chi connectivity index (χ3v) is 4.81. The molecule has 3 aromatic rings. The van der Waals surface area contributed by atoms with Crippen LogP contribution in [0.4, 0.5) is 0 Å². The van der Waals surface area contributed by atoms with Crippen LogP contribution in [0.1, 0.15) is 37.1 Å². The number of esters is 1. The fourth-order valence-corrected chi connectivity index (χ4v) is 3.41. The van der Waals surface area contributed by atoms with E-state index >= 15 is 0 Å². The lowest BCUT2D eigenvalue weighted by Gasteiger charge is -2.03. The molecule has 0 spiro atoms. The number of hydrogen-bond acceptors (Lipinski definition) is 6. The number of aryl methyl sites for hydroxylation is 3. The molecular formula is C18H17N3O3S. The number of aromatic amines is 1. The summed E-state index contributed by atoms with van der Waals surface area (Å²) >= 11 is 1.21. The Morgan fingerprint density at radius 2 is 2.04 bits per heavy atom. The van der Waals surface area contributed by atoms with Crippen LogP contribution in [0.3, 0.4) is 0 Å². The maximum atomic E-state index is 12.3. The van der Waals surface area contributed by atoms with E-state index in [0.717, 1.165) is 11.4 Å². The lowest BCUT2D eigenvalue weighted by molar-refractivity contribution is 0.0478. The topological polar surface area (TPSA) is 84.9 Å². The van der Waals surface area contributed by atoms with E-state index in [1.807, 2.05) is 32.0 Å². The van der Waals surface area contributed by atoms with E-state index in [1.165, 1.54) is 11.3 Å². The normalized spacial score (nSPS) is 10.7. The van der Waals surface area contributed by atoms with Crippen LogP contribution in [0.5, 0.6) is 0 Å². The van der Waals surface area contributed by atoms with Gasteiger partial charge in [0, 0.05) is 23.1 Å². The number of nitrogens with one attached hydrogen (secondary N) is 1. The molecule has 0 radical (unpaired) electrons. The molecule has 1 N–H and O–H groups in total. The monoisotopic (exact) mass is 355 g/mol. The second-order valence-corrected chi connectivity index (χ2v) is 6.64. The molecule has 25 heavy (non-hydrogen) atoms. The lowest BCUT2D eigenvalue weighted by atomic mass is 10.2. The summed E-state index contributed by atoms with van der Waals surface area (Å²) < 4.78 is 5.19. The van der Waals surface area contributed by atoms with E-state index in [9.17, 15) is 9.59 Å². The van der Waals surface area contributed by atoms with Gasteiger partial charge >= 0.3 is 5.97 Å². The minimum atomic E-state index is -0.546. The molecule has 0 atom stereocenters. The first-order valence-electron chi connectivity index (χ1n) is 7.71. The summed E-state index contributed by atoms with van der Waals surface area (Å²) in [7, 11) is 0. The second kappa shape index (κ2) is 6.98. The van der Waals surface area contributed by atoms with Gasteiger partial charge in [-0.2, -0.15) is 0 Å². The Morgan fingerprint density at radius 3 is 2.68 bits per heavy atom. The van der Waals surface area contributed by atoms with Crippen LogP contribution < -0.4 is 0 Å². The number of pyridine rings is 1. The Morgan fingerprint density at radius 1 is 1.24 bits per heavy atom. The summed E-state index contributed by atoms with van der Waals surface area (Å²) in [6.45, 7) is 5.12. The second-order valence-electron chi connectivity index (χ2n) is 5.64. The van der Waals surface area contributed by atoms with Gasteiger partial charge in [0.05, 0.1) is 11.4 Å². The van der Waals surface area contributed by atoms with Gasteiger partial charge in [-0.15, -0.1) is 11.3 Å². The van der Waals surface area contributed by atoms with Crippen LogP contribution in [-0.4, -0.2) is 33.3 Å². The van der Waals surface area contributed by atoms with Crippen molar-refractivity contribution in [1.82, 2.24) is 15.0 Å². The van der Waals surface area contributed by atoms with Crippen molar-refractivity contribution in [3.05, 3.63) is 58.0 Å². The van der Waals surface area contributed by atoms with Gasteiger partial charge in [0.2, 0.25) is 5.78 Å². The van der Waals surface area contributed by atoms with Gasteiger partial charge in [-0.05, 0) is 39.0 Å². The van der Waals surface area contributed by atoms with Crippen molar-refractivity contribution < 1.29 is 14.3 Å². The standard InChI is InChI=1S/C18H17N3O3S/c1-10-8-13(11(2)20-10)15(22)9-24-18(23)16-12(3)21-17(25-16)14-6-4-5-7-19-14/h4-8,20H,9H2,1-3H3. The van der Waals surface area contributed by atoms with Gasteiger partial charge in [-0.25, -0.2) is 9.78 Å². The number of ether oxygens (including phenoxy) is 1. The minimum Gasteiger partial charge on any atom is -0.453 e. The lowest BCUT2D eigenvalue weighted by Crippen LogP contribution is -2.14. The minimum absolute atomic E-state index is 0.234. The van der Waals surface area contributed by atoms with Gasteiger partial charge in [-0.1, -0.05) is 6.07 Å². The summed E-state index contributed by atoms with van der Waals surface area (Å²) in [6.07, 6.45) is 1.67. The number of Topliss-reactive ketones (excluding diaryl/α,β-unsaturated/α-hetero) is 1. The highest BCUT2D eigenvalue weighted by atomic mass is 32.1. The smallest absolute Gasteiger partial charge is 0.350 e. The van der Waals surface area contributed by atoms with Crippen molar-refractivity contribution in [2.24, 2.45) is 0 Å². The van der Waals surface area contributed by atoms with Crippen LogP contribution in [-0.2, 0) is 4.74 Å². The third kappa shape index (κ3) is 3.66. The molecule has 0 aliphatic heterocycles. The number of carbonyl (C=O) groups is 2. The van der Waals surface area contributed by atoms with Gasteiger partial charge in [-0.3, -0.25) is 9.78 Å². The highest BCUT2D eigenvalue weighted by Gasteiger charge is 2.20. The zero-order chi connectivity index (χ0) is 18.0. The van der Waals surface area contributed by atoms with Crippen molar-refractivity contribution in [2.75, 3.05) is 6.61 Å². The SMILES string of the molecule is Cc1cc(C(=O)COC(=O)c2sc(-c3ccccn3)nc2C)c(C)[nH]1. The number of aromatic nitrogens is 3. The number of carbonyl (C=O) groups excluding carboxylic acids is 2. The fourth-order valence-electron chi connectivity index (χ4n) is 2.47. The fraction of sp³-hybridized carbons (Fsp3) is 0.222. The third-order valence-electron chi connectivity index (χ3n) is 3.65. The summed E-state index contributed by atoms with van der Waals surface area (Å²) in [4.78, 5) is 36.6. The van der Waals surface area contributed by atoms with Gasteiger partial charge < -0.3 is 9.72 Å². The molecule has 0 fully saturated rings. The van der Waals surface area contributed by atoms with Crippen LogP contribution in [0.15, 0.2) is 30.5 Å². The molecule has 0 amide bonds. The summed E-state index contributed by atoms with van der Waals surface area (Å²) in [5.74, 6) is -0.780. The van der Waals surface area contributed by atoms with Crippen molar-refractivity contribution in [3.8, 4) is 10.7 Å². The molecule has 6 nitrogen and oxygen atoms in total. The molecule has 0 aromatic carbocycles. The van der Waals surface area contributed by atoms with Crippen LogP contribution in [0.25, 0.3) is 10.7 Å². The molecule has 0 aliphatic carbocycles. The van der Waals surface area contributed by atoms with Crippen LogP contribution >= 0.6 is 11.3 Å². The van der Waals surface area contributed by atoms with Crippen LogP contribution in [0.2, 0.25) is 0 Å². The van der Waals surface area contributed by atoms with E-state index in [1.54, 1.807) is 19.2 Å². The van der Waals surface area contributed by atoms with E-state index in [-0.39, 0.29) is 12.4 Å². The first kappa shape index (κ1) is 17.0. The van der Waals surface area contributed by atoms with E-state index < -0.39 is 5.97 Å². The first-order chi connectivity index (χ1) is 12.0. The Hall–Kier alpha value is -2.80. The summed E-state index contributed by atoms with van der Waals surface area (Å²) in [5.41, 5.74) is 3.47. The summed E-state index contributed by atoms with van der Waals surface area (Å²) in [5, 5.41) is 0.647. The molecule has 0 saturated carbocycles. The Balaban J connectivity index is 1.71. The van der Waals surface area contributed by atoms with Crippen molar-refractivity contribution in [2.45, 2.75) is 20.8 Å². The van der Waals surface area contributed by atoms with Gasteiger partial charge in [0.15, 0.2) is 6.61 Å². The predicted molar refractivity (Wildman–Crippen MR) is 95.0 cm³/mol. The maximum absolute atomic E-state index is 12.3. The number of rotatable bonds is 5. The molecule has 0 aliphatic rings. The highest BCUT2D eigenvalue weighted by molar-refractivity contribution is 7.17. The maximum Gasteiger partial charge on any atom is 0.350 e. The average Bonchev–Trinajstić information content (AvgIpc) is 3.15. The molecule has 0 bridgehead atoms. The van der Waals surface area contributed by atoms with Crippen molar-refractivity contribution in [1.29, 1.82) is 0 Å². The first-order valence-corrected chi connectivity index (χ1v) is 8.52. The molecule has 0 unspecified atom stereocenters. The quantitative estimate of drug-likeness (QED) is 0.559. The van der Waals surface area contributed by atoms with E-state index in [0.29, 0.717) is 26.8 Å². The molecule has 3 aromatic heterocycles. The zero-order valence-electron chi connectivity index (χ0n) is 14.1. The van der Waals surface area contributed by atoms with Crippen molar-refractivity contribution >= 4 is 23.1 Å². The molecule has 3 heterocycles. The molecule has 3 rings (SSSR count). The van der Waals surface area contributed by atoms with Crippen molar-refractivity contribution in [3.63, 3.8) is 0 Å². The predicted octanol–water partition coefficient (Wildman–Crippen LogP) is 3.50. The number of H-pyrrole nitrogens is 1. The van der Waals surface area contributed by atoms with Gasteiger partial charge in [0.1, 0.15) is 9.88 Å². The largest absolute Gasteiger partial charge is 0.453 e.